The van der Waals surface area contributed by atoms with Crippen molar-refractivity contribution in [2.75, 3.05) is 26.3 Å². The second-order valence-corrected chi connectivity index (χ2v) is 4.32. The SMILES string of the molecule is O=C(c1cccc2c1OCC2)C1CNCCO1. The molecular weight excluding hydrogens is 218 g/mol. The zero-order valence-electron chi connectivity index (χ0n) is 9.57. The van der Waals surface area contributed by atoms with Gasteiger partial charge < -0.3 is 14.8 Å². The maximum atomic E-state index is 12.3. The number of ether oxygens (including phenoxy) is 2. The van der Waals surface area contributed by atoms with Crippen molar-refractivity contribution in [2.24, 2.45) is 0 Å². The molecule has 3 rings (SSSR count). The van der Waals surface area contributed by atoms with Crippen LogP contribution in [0.1, 0.15) is 15.9 Å². The molecule has 0 saturated carbocycles. The lowest BCUT2D eigenvalue weighted by atomic mass is 10.0. The van der Waals surface area contributed by atoms with Crippen LogP contribution < -0.4 is 10.1 Å². The molecule has 1 aromatic rings. The molecule has 0 aliphatic carbocycles. The van der Waals surface area contributed by atoms with Gasteiger partial charge in [-0.05, 0) is 11.6 Å². The first-order chi connectivity index (χ1) is 8.36. The van der Waals surface area contributed by atoms with Crippen molar-refractivity contribution in [3.63, 3.8) is 0 Å². The minimum Gasteiger partial charge on any atom is -0.492 e. The molecule has 1 fully saturated rings. The van der Waals surface area contributed by atoms with E-state index in [0.29, 0.717) is 25.3 Å². The van der Waals surface area contributed by atoms with Crippen molar-refractivity contribution < 1.29 is 14.3 Å². The highest BCUT2D eigenvalue weighted by Crippen LogP contribution is 2.30. The van der Waals surface area contributed by atoms with Gasteiger partial charge in [0.1, 0.15) is 11.9 Å². The second-order valence-electron chi connectivity index (χ2n) is 4.32. The maximum absolute atomic E-state index is 12.3. The van der Waals surface area contributed by atoms with Gasteiger partial charge in [0.25, 0.3) is 0 Å². The topological polar surface area (TPSA) is 47.6 Å². The lowest BCUT2D eigenvalue weighted by Gasteiger charge is -2.23. The van der Waals surface area contributed by atoms with E-state index < -0.39 is 0 Å². The molecular formula is C13H15NO3. The van der Waals surface area contributed by atoms with Gasteiger partial charge in [-0.25, -0.2) is 0 Å². The summed E-state index contributed by atoms with van der Waals surface area (Å²) >= 11 is 0. The summed E-state index contributed by atoms with van der Waals surface area (Å²) in [5.41, 5.74) is 1.79. The van der Waals surface area contributed by atoms with E-state index >= 15 is 0 Å². The van der Waals surface area contributed by atoms with Crippen LogP contribution >= 0.6 is 0 Å². The molecule has 0 amide bonds. The van der Waals surface area contributed by atoms with Crippen molar-refractivity contribution in [1.29, 1.82) is 0 Å². The number of benzene rings is 1. The van der Waals surface area contributed by atoms with Crippen molar-refractivity contribution >= 4 is 5.78 Å². The molecule has 90 valence electrons. The number of hydrogen-bond acceptors (Lipinski definition) is 4. The number of hydrogen-bond donors (Lipinski definition) is 1. The predicted octanol–water partition coefficient (Wildman–Crippen LogP) is 0.793. The first-order valence-electron chi connectivity index (χ1n) is 5.97. The summed E-state index contributed by atoms with van der Waals surface area (Å²) in [6.07, 6.45) is 0.514. The van der Waals surface area contributed by atoms with Crippen molar-refractivity contribution in [2.45, 2.75) is 12.5 Å². The lowest BCUT2D eigenvalue weighted by molar-refractivity contribution is 0.0267. The van der Waals surface area contributed by atoms with Gasteiger partial charge in [0, 0.05) is 19.5 Å². The summed E-state index contributed by atoms with van der Waals surface area (Å²) in [4.78, 5) is 12.3. The van der Waals surface area contributed by atoms with Crippen molar-refractivity contribution in [3.8, 4) is 5.75 Å². The third-order valence-corrected chi connectivity index (χ3v) is 3.20. The number of fused-ring (bicyclic) bond motifs is 1. The van der Waals surface area contributed by atoms with Crippen LogP contribution in [0.15, 0.2) is 18.2 Å². The fraction of sp³-hybridized carbons (Fsp3) is 0.462. The monoisotopic (exact) mass is 233 g/mol. The fourth-order valence-electron chi connectivity index (χ4n) is 2.32. The Kier molecular flexibility index (Phi) is 2.82. The Morgan fingerprint density at radius 1 is 1.35 bits per heavy atom. The smallest absolute Gasteiger partial charge is 0.196 e. The second kappa shape index (κ2) is 4.47. The van der Waals surface area contributed by atoms with Crippen LogP contribution in [0.25, 0.3) is 0 Å². The molecule has 2 aliphatic rings. The predicted molar refractivity (Wildman–Crippen MR) is 62.6 cm³/mol. The number of ketones is 1. The normalized spacial score (nSPS) is 22.9. The van der Waals surface area contributed by atoms with E-state index in [1.165, 1.54) is 0 Å². The standard InChI is InChI=1S/C13H15NO3/c15-12(11-8-14-5-7-16-11)10-3-1-2-9-4-6-17-13(9)10/h1-3,11,14H,4-8H2. The van der Waals surface area contributed by atoms with Gasteiger partial charge in [0.15, 0.2) is 5.78 Å². The molecule has 0 aromatic heterocycles. The van der Waals surface area contributed by atoms with Gasteiger partial charge in [-0.2, -0.15) is 0 Å². The highest BCUT2D eigenvalue weighted by Gasteiger charge is 2.28. The summed E-state index contributed by atoms with van der Waals surface area (Å²) in [5, 5.41) is 3.17. The van der Waals surface area contributed by atoms with E-state index in [-0.39, 0.29) is 11.9 Å². The van der Waals surface area contributed by atoms with Crippen LogP contribution in [0, 0.1) is 0 Å². The average molecular weight is 233 g/mol. The zero-order chi connectivity index (χ0) is 11.7. The number of rotatable bonds is 2. The molecule has 1 N–H and O–H groups in total. The van der Waals surface area contributed by atoms with E-state index in [4.69, 9.17) is 9.47 Å². The Hall–Kier alpha value is -1.39. The highest BCUT2D eigenvalue weighted by atomic mass is 16.5. The van der Waals surface area contributed by atoms with Gasteiger partial charge in [-0.1, -0.05) is 12.1 Å². The van der Waals surface area contributed by atoms with E-state index in [2.05, 4.69) is 5.32 Å². The van der Waals surface area contributed by atoms with Crippen LogP contribution in [-0.2, 0) is 11.2 Å². The number of carbonyl (C=O) groups excluding carboxylic acids is 1. The number of nitrogens with one attached hydrogen (secondary N) is 1. The molecule has 0 radical (unpaired) electrons. The molecule has 0 bridgehead atoms. The first kappa shape index (κ1) is 10.7. The molecule has 1 saturated heterocycles. The summed E-state index contributed by atoms with van der Waals surface area (Å²) in [6.45, 7) is 2.66. The largest absolute Gasteiger partial charge is 0.492 e. The molecule has 4 heteroatoms. The molecule has 1 unspecified atom stereocenters. The zero-order valence-corrected chi connectivity index (χ0v) is 9.57. The molecule has 17 heavy (non-hydrogen) atoms. The van der Waals surface area contributed by atoms with Crippen LogP contribution in [0.3, 0.4) is 0 Å². The Morgan fingerprint density at radius 2 is 2.29 bits per heavy atom. The van der Waals surface area contributed by atoms with Gasteiger partial charge in [-0.15, -0.1) is 0 Å². The maximum Gasteiger partial charge on any atom is 0.196 e. The number of Topliss-reactive ketones (excluding diaryl/α,β-unsaturated/α-hetero) is 1. The molecule has 2 aliphatic heterocycles. The molecule has 2 heterocycles. The number of para-hydroxylation sites is 1. The minimum atomic E-state index is -0.376. The summed E-state index contributed by atoms with van der Waals surface area (Å²) in [7, 11) is 0. The first-order valence-corrected chi connectivity index (χ1v) is 5.97. The third kappa shape index (κ3) is 1.94. The van der Waals surface area contributed by atoms with Gasteiger partial charge >= 0.3 is 0 Å². The van der Waals surface area contributed by atoms with Gasteiger partial charge in [-0.3, -0.25) is 4.79 Å². The highest BCUT2D eigenvalue weighted by molar-refractivity contribution is 6.02. The Labute approximate surface area is 99.9 Å². The number of carbonyl (C=O) groups is 1. The van der Waals surface area contributed by atoms with E-state index in [0.717, 1.165) is 24.3 Å². The number of morpholine rings is 1. The molecule has 0 spiro atoms. The van der Waals surface area contributed by atoms with E-state index in [9.17, 15) is 4.79 Å². The molecule has 4 nitrogen and oxygen atoms in total. The summed E-state index contributed by atoms with van der Waals surface area (Å²) in [6, 6.07) is 5.75. The van der Waals surface area contributed by atoms with Crippen molar-refractivity contribution in [1.82, 2.24) is 5.32 Å². The summed E-state index contributed by atoms with van der Waals surface area (Å²) in [5.74, 6) is 0.780. The van der Waals surface area contributed by atoms with E-state index in [1.807, 2.05) is 18.2 Å². The van der Waals surface area contributed by atoms with Gasteiger partial charge in [0.05, 0.1) is 18.8 Å². The summed E-state index contributed by atoms with van der Waals surface area (Å²) < 4.78 is 11.0. The molecule has 1 atom stereocenters. The fourth-order valence-corrected chi connectivity index (χ4v) is 2.32. The van der Waals surface area contributed by atoms with E-state index in [1.54, 1.807) is 0 Å². The quantitative estimate of drug-likeness (QED) is 0.767. The third-order valence-electron chi connectivity index (χ3n) is 3.20. The van der Waals surface area contributed by atoms with Crippen LogP contribution in [0.4, 0.5) is 0 Å². The Morgan fingerprint density at radius 3 is 3.12 bits per heavy atom. The molecule has 1 aromatic carbocycles. The van der Waals surface area contributed by atoms with Crippen LogP contribution in [0.5, 0.6) is 5.75 Å². The Balaban J connectivity index is 1.88. The van der Waals surface area contributed by atoms with Crippen molar-refractivity contribution in [3.05, 3.63) is 29.3 Å². The lowest BCUT2D eigenvalue weighted by Crippen LogP contribution is -2.43. The van der Waals surface area contributed by atoms with Crippen LogP contribution in [0.2, 0.25) is 0 Å². The average Bonchev–Trinajstić information content (AvgIpc) is 2.87. The van der Waals surface area contributed by atoms with Gasteiger partial charge in [0.2, 0.25) is 0 Å². The Bertz CT molecular complexity index is 438. The van der Waals surface area contributed by atoms with Crippen LogP contribution in [-0.4, -0.2) is 38.2 Å². The minimum absolute atomic E-state index is 0.0240.